The number of azo groups is 4. The van der Waals surface area contributed by atoms with Crippen molar-refractivity contribution < 1.29 is 70.1 Å². The van der Waals surface area contributed by atoms with Gasteiger partial charge in [0.25, 0.3) is 0 Å². The molecule has 0 radical (unpaired) electrons. The number of aliphatic hydroxyl groups excluding tert-OH is 2. The van der Waals surface area contributed by atoms with Gasteiger partial charge in [0.1, 0.15) is 34.3 Å². The number of aromatic carboxylic acids is 1. The second-order valence-electron chi connectivity index (χ2n) is 11.4. The van der Waals surface area contributed by atoms with E-state index >= 15 is 0 Å². The maximum Gasteiger partial charge on any atom is 1.00 e. The first kappa shape index (κ1) is 40.0. The SMILES string of the molecule is CC1=NN=C(O)C1N=Nc1ccc(N=C(O)c2ccc(N=Nc3cc(N=Nc4cc(N=Nc5ccc([O-])c(C(=O)O)c5)ccc4O)c(O)cc3O)cc2)cc1.[Na+]. The number of carbonyl (C=O) groups is 1. The first-order chi connectivity index (χ1) is 26.4. The van der Waals surface area contributed by atoms with Gasteiger partial charge in [-0.25, -0.2) is 9.79 Å². The van der Waals surface area contributed by atoms with Gasteiger partial charge >= 0.3 is 35.5 Å². The Balaban J connectivity index is 0.00000600. The van der Waals surface area contributed by atoms with Crippen molar-refractivity contribution in [3.8, 4) is 23.0 Å². The Labute approximate surface area is 337 Å². The van der Waals surface area contributed by atoms with Crippen molar-refractivity contribution in [3.63, 3.8) is 0 Å². The molecule has 1 atom stereocenters. The van der Waals surface area contributed by atoms with E-state index in [9.17, 15) is 35.4 Å². The van der Waals surface area contributed by atoms with Gasteiger partial charge in [-0.05, 0) is 85.8 Å². The summed E-state index contributed by atoms with van der Waals surface area (Å²) in [5.41, 5.74) is 1.75. The fourth-order valence-corrected chi connectivity index (χ4v) is 4.59. The van der Waals surface area contributed by atoms with Crippen LogP contribution in [-0.4, -0.2) is 60.2 Å². The first-order valence-corrected chi connectivity index (χ1v) is 15.8. The van der Waals surface area contributed by atoms with E-state index in [1.165, 1.54) is 30.3 Å². The fourth-order valence-electron chi connectivity index (χ4n) is 4.59. The molecule has 5 aromatic rings. The summed E-state index contributed by atoms with van der Waals surface area (Å²) in [6.07, 6.45) is 0. The van der Waals surface area contributed by atoms with E-state index in [4.69, 9.17) is 5.11 Å². The van der Waals surface area contributed by atoms with Crippen molar-refractivity contribution in [2.45, 2.75) is 13.0 Å². The van der Waals surface area contributed by atoms with Crippen LogP contribution in [0.1, 0.15) is 22.8 Å². The Hall–Kier alpha value is -7.22. The molecule has 0 aliphatic carbocycles. The molecule has 0 amide bonds. The molecule has 0 spiro atoms. The largest absolute Gasteiger partial charge is 1.00 e. The third kappa shape index (κ3) is 9.85. The second kappa shape index (κ2) is 17.7. The normalized spacial score (nSPS) is 14.4. The van der Waals surface area contributed by atoms with Crippen molar-refractivity contribution in [3.05, 3.63) is 108 Å². The molecule has 1 aliphatic rings. The van der Waals surface area contributed by atoms with Gasteiger partial charge in [0.05, 0.1) is 39.7 Å². The number of carboxylic acids is 1. The summed E-state index contributed by atoms with van der Waals surface area (Å²) in [6.45, 7) is 1.68. The molecule has 5 aromatic carbocycles. The molecule has 0 fully saturated rings. The summed E-state index contributed by atoms with van der Waals surface area (Å²) >= 11 is 0. The maximum atomic E-state index is 11.7. The number of benzene rings is 5. The van der Waals surface area contributed by atoms with Gasteiger partial charge in [0, 0.05) is 17.7 Å². The monoisotopic (exact) mass is 763 g/mol. The van der Waals surface area contributed by atoms with Gasteiger partial charge in [-0.1, -0.05) is 11.8 Å². The van der Waals surface area contributed by atoms with Gasteiger partial charge in [-0.3, -0.25) is 0 Å². The van der Waals surface area contributed by atoms with Crippen molar-refractivity contribution in [1.29, 1.82) is 0 Å². The van der Waals surface area contributed by atoms with Crippen LogP contribution in [0.4, 0.5) is 45.5 Å². The number of hydrogen-bond acceptors (Lipinski definition) is 16. The standard InChI is InChI=1S/C36H27N11O8.Na/c1-18-33(35(53)47-38-18)46-40-22-8-6-20(7-9-22)37-34(52)19-2-4-21(5-3-19)39-43-27-16-28(32(51)17-31(27)50)45-44-26-15-24(11-13-30(26)49)42-41-23-10-12-29(48)25(14-23)36(54)55;/h2-17,33,48-51H,1H3,(H,37,52)(H,47,53)(H,54,55);/q;+1/p-1. The molecule has 6 N–H and O–H groups in total. The summed E-state index contributed by atoms with van der Waals surface area (Å²) in [5, 5.41) is 112. The third-order valence-corrected chi connectivity index (χ3v) is 7.49. The summed E-state index contributed by atoms with van der Waals surface area (Å²) in [6, 6.07) is 21.6. The fraction of sp³-hybridized carbons (Fsp3) is 0.0556. The Bertz CT molecular complexity index is 2480. The number of nitrogens with zero attached hydrogens (tertiary/aromatic N) is 11. The van der Waals surface area contributed by atoms with Crippen molar-refractivity contribution in [1.82, 2.24) is 0 Å². The Morgan fingerprint density at radius 1 is 0.589 bits per heavy atom. The van der Waals surface area contributed by atoms with Crippen LogP contribution in [0.5, 0.6) is 23.0 Å². The molecule has 1 aliphatic heterocycles. The summed E-state index contributed by atoms with van der Waals surface area (Å²) < 4.78 is 0. The average Bonchev–Trinajstić information content (AvgIpc) is 3.50. The van der Waals surface area contributed by atoms with E-state index in [2.05, 4.69) is 56.1 Å². The molecule has 1 heterocycles. The molecule has 0 aromatic heterocycles. The molecule has 20 heteroatoms. The van der Waals surface area contributed by atoms with Crippen molar-refractivity contribution in [2.75, 3.05) is 0 Å². The van der Waals surface area contributed by atoms with Gasteiger partial charge in [-0.2, -0.15) is 30.7 Å². The summed E-state index contributed by atoms with van der Waals surface area (Å²) in [7, 11) is 0. The molecule has 1 unspecified atom stereocenters. The summed E-state index contributed by atoms with van der Waals surface area (Å²) in [4.78, 5) is 15.4. The van der Waals surface area contributed by atoms with Crippen molar-refractivity contribution in [2.24, 2.45) is 56.1 Å². The van der Waals surface area contributed by atoms with Crippen molar-refractivity contribution >= 4 is 69.0 Å². The molecular formula is C36H26N11NaO8. The van der Waals surface area contributed by atoms with Crippen LogP contribution >= 0.6 is 0 Å². The number of carboxylic acid groups (broad SMARTS) is 1. The number of rotatable bonds is 11. The van der Waals surface area contributed by atoms with Crippen LogP contribution in [-0.2, 0) is 0 Å². The number of phenols is 3. The van der Waals surface area contributed by atoms with Crippen LogP contribution in [0.15, 0.2) is 153 Å². The van der Waals surface area contributed by atoms with E-state index in [-0.39, 0.29) is 75.5 Å². The minimum atomic E-state index is -1.40. The first-order valence-electron chi connectivity index (χ1n) is 15.8. The Morgan fingerprint density at radius 3 is 1.73 bits per heavy atom. The zero-order chi connectivity index (χ0) is 39.1. The molecule has 19 nitrogen and oxygen atoms in total. The molecule has 0 bridgehead atoms. The number of aliphatic imine (C=N–C) groups is 1. The Morgan fingerprint density at radius 2 is 1.11 bits per heavy atom. The number of aliphatic hydroxyl groups is 2. The van der Waals surface area contributed by atoms with E-state index in [1.807, 2.05) is 0 Å². The molecular weight excluding hydrogens is 737 g/mol. The number of phenolic OH excluding ortho intramolecular Hbond substituents is 3. The van der Waals surface area contributed by atoms with E-state index in [0.717, 1.165) is 18.2 Å². The number of aromatic hydroxyl groups is 3. The van der Waals surface area contributed by atoms with E-state index in [1.54, 1.807) is 55.5 Å². The molecule has 0 saturated carbocycles. The molecule has 274 valence electrons. The van der Waals surface area contributed by atoms with Crippen LogP contribution in [0.25, 0.3) is 0 Å². The van der Waals surface area contributed by atoms with Gasteiger partial charge in [0.15, 0.2) is 6.04 Å². The minimum Gasteiger partial charge on any atom is -0.872 e. The molecule has 6 rings (SSSR count). The number of hydrogen-bond donors (Lipinski definition) is 6. The Kier molecular flexibility index (Phi) is 12.7. The van der Waals surface area contributed by atoms with Crippen LogP contribution in [0.2, 0.25) is 0 Å². The van der Waals surface area contributed by atoms with E-state index in [0.29, 0.717) is 28.3 Å². The second-order valence-corrected chi connectivity index (χ2v) is 11.4. The van der Waals surface area contributed by atoms with Crippen LogP contribution < -0.4 is 34.7 Å². The predicted molar refractivity (Wildman–Crippen MR) is 196 cm³/mol. The van der Waals surface area contributed by atoms with E-state index < -0.39 is 34.8 Å². The summed E-state index contributed by atoms with van der Waals surface area (Å²) in [5.74, 6) is -3.73. The predicted octanol–water partition coefficient (Wildman–Crippen LogP) is 6.26. The maximum absolute atomic E-state index is 11.7. The minimum absolute atomic E-state index is 0. The van der Waals surface area contributed by atoms with Gasteiger partial charge < -0.3 is 35.7 Å². The third-order valence-electron chi connectivity index (χ3n) is 7.49. The zero-order valence-corrected chi connectivity index (χ0v) is 31.2. The average molecular weight is 764 g/mol. The van der Waals surface area contributed by atoms with Gasteiger partial charge in [-0.15, -0.1) is 20.4 Å². The quantitative estimate of drug-likeness (QED) is 0.0385. The van der Waals surface area contributed by atoms with Crippen LogP contribution in [0, 0.1) is 0 Å². The smallest absolute Gasteiger partial charge is 0.872 e. The van der Waals surface area contributed by atoms with Gasteiger partial charge in [0.2, 0.25) is 11.8 Å². The van der Waals surface area contributed by atoms with Crippen LogP contribution in [0.3, 0.4) is 0 Å². The topological polar surface area (TPSA) is 297 Å². The molecule has 56 heavy (non-hydrogen) atoms. The molecule has 0 saturated heterocycles. The zero-order valence-electron chi connectivity index (χ0n) is 29.2.